The van der Waals surface area contributed by atoms with Crippen LogP contribution in [-0.4, -0.2) is 6.03 Å². The van der Waals surface area contributed by atoms with Crippen LogP contribution in [0.1, 0.15) is 28.8 Å². The van der Waals surface area contributed by atoms with Gasteiger partial charge in [-0.3, -0.25) is 5.32 Å². The molecule has 4 nitrogen and oxygen atoms in total. The van der Waals surface area contributed by atoms with Gasteiger partial charge in [-0.25, -0.2) is 4.79 Å². The van der Waals surface area contributed by atoms with Crippen LogP contribution in [-0.2, 0) is 12.8 Å². The molecule has 1 aromatic heterocycles. The van der Waals surface area contributed by atoms with Crippen LogP contribution in [0.2, 0.25) is 0 Å². The third kappa shape index (κ3) is 3.01. The first kappa shape index (κ1) is 15.1. The molecule has 0 spiro atoms. The molecule has 1 heterocycles. The summed E-state index contributed by atoms with van der Waals surface area (Å²) in [6.07, 6.45) is 4.20. The van der Waals surface area contributed by atoms with E-state index in [4.69, 9.17) is 0 Å². The quantitative estimate of drug-likeness (QED) is 0.783. The van der Waals surface area contributed by atoms with Crippen LogP contribution in [0.15, 0.2) is 28.7 Å². The number of rotatable bonds is 2. The maximum absolute atomic E-state index is 12.2. The summed E-state index contributed by atoms with van der Waals surface area (Å²) in [7, 11) is 0. The highest BCUT2D eigenvalue weighted by atomic mass is 79.9. The van der Waals surface area contributed by atoms with Crippen molar-refractivity contribution in [1.29, 1.82) is 5.26 Å². The second-order valence-electron chi connectivity index (χ2n) is 5.09. The van der Waals surface area contributed by atoms with Gasteiger partial charge < -0.3 is 5.32 Å². The minimum atomic E-state index is -0.331. The Balaban J connectivity index is 1.79. The second kappa shape index (κ2) is 6.51. The molecule has 6 heteroatoms. The fourth-order valence-electron chi connectivity index (χ4n) is 2.59. The number of hydrogen-bond donors (Lipinski definition) is 2. The number of thiophene rings is 1. The van der Waals surface area contributed by atoms with Crippen LogP contribution in [0.25, 0.3) is 0 Å². The van der Waals surface area contributed by atoms with E-state index < -0.39 is 0 Å². The Morgan fingerprint density at radius 3 is 2.77 bits per heavy atom. The molecule has 2 amide bonds. The van der Waals surface area contributed by atoms with Crippen LogP contribution in [0.3, 0.4) is 0 Å². The standard InChI is InChI=1S/C16H14BrN3OS/c17-12-6-2-3-7-13(12)19-16(21)20-15-11(9-18)10-5-1-4-8-14(10)22-15/h2-3,6-7H,1,4-5,8H2,(H2,19,20,21). The number of benzene rings is 1. The SMILES string of the molecule is N#Cc1c(NC(=O)Nc2ccccc2Br)sc2c1CCCC2. The van der Waals surface area contributed by atoms with Gasteiger partial charge in [-0.15, -0.1) is 11.3 Å². The number of halogens is 1. The van der Waals surface area contributed by atoms with Crippen LogP contribution < -0.4 is 10.6 Å². The Bertz CT molecular complexity index is 763. The molecule has 1 aliphatic carbocycles. The van der Waals surface area contributed by atoms with Gasteiger partial charge in [0.25, 0.3) is 0 Å². The smallest absolute Gasteiger partial charge is 0.307 e. The molecule has 1 aromatic carbocycles. The molecule has 0 fully saturated rings. The van der Waals surface area contributed by atoms with Gasteiger partial charge in [-0.1, -0.05) is 12.1 Å². The summed E-state index contributed by atoms with van der Waals surface area (Å²) in [5.41, 5.74) is 2.44. The van der Waals surface area contributed by atoms with Crippen molar-refractivity contribution in [3.05, 3.63) is 44.7 Å². The summed E-state index contributed by atoms with van der Waals surface area (Å²) in [6, 6.07) is 9.32. The number of amides is 2. The van der Waals surface area contributed by atoms with Crippen molar-refractivity contribution in [2.24, 2.45) is 0 Å². The third-order valence-corrected chi connectivity index (χ3v) is 5.53. The summed E-state index contributed by atoms with van der Waals surface area (Å²) in [6.45, 7) is 0. The van der Waals surface area contributed by atoms with Crippen molar-refractivity contribution in [3.63, 3.8) is 0 Å². The average Bonchev–Trinajstić information content (AvgIpc) is 2.86. The van der Waals surface area contributed by atoms with E-state index >= 15 is 0 Å². The second-order valence-corrected chi connectivity index (χ2v) is 7.05. The third-order valence-electron chi connectivity index (χ3n) is 3.63. The molecule has 2 aromatic rings. The predicted octanol–water partition coefficient (Wildman–Crippen LogP) is 4.91. The molecular formula is C16H14BrN3OS. The molecule has 112 valence electrons. The first-order valence-electron chi connectivity index (χ1n) is 7.06. The summed E-state index contributed by atoms with van der Waals surface area (Å²) in [5, 5.41) is 15.6. The summed E-state index contributed by atoms with van der Waals surface area (Å²) >= 11 is 4.92. The minimum absolute atomic E-state index is 0.331. The van der Waals surface area contributed by atoms with E-state index in [0.29, 0.717) is 16.3 Å². The number of anilines is 2. The van der Waals surface area contributed by atoms with Gasteiger partial charge in [-0.05, 0) is 59.3 Å². The zero-order chi connectivity index (χ0) is 15.5. The van der Waals surface area contributed by atoms with E-state index in [1.807, 2.05) is 24.3 Å². The molecule has 0 radical (unpaired) electrons. The highest BCUT2D eigenvalue weighted by Crippen LogP contribution is 2.37. The lowest BCUT2D eigenvalue weighted by atomic mass is 9.96. The Labute approximate surface area is 141 Å². The van der Waals surface area contributed by atoms with Crippen molar-refractivity contribution in [2.75, 3.05) is 10.6 Å². The summed E-state index contributed by atoms with van der Waals surface area (Å²) in [5.74, 6) is 0. The maximum atomic E-state index is 12.2. The normalized spacial score (nSPS) is 13.1. The van der Waals surface area contributed by atoms with Gasteiger partial charge >= 0.3 is 6.03 Å². The number of para-hydroxylation sites is 1. The van der Waals surface area contributed by atoms with Crippen molar-refractivity contribution in [3.8, 4) is 6.07 Å². The fourth-order valence-corrected chi connectivity index (χ4v) is 4.21. The van der Waals surface area contributed by atoms with E-state index in [-0.39, 0.29) is 6.03 Å². The molecule has 0 bridgehead atoms. The van der Waals surface area contributed by atoms with Crippen LogP contribution in [0.5, 0.6) is 0 Å². The van der Waals surface area contributed by atoms with E-state index in [2.05, 4.69) is 32.6 Å². The largest absolute Gasteiger partial charge is 0.324 e. The van der Waals surface area contributed by atoms with Crippen molar-refractivity contribution in [1.82, 2.24) is 0 Å². The molecule has 0 atom stereocenters. The number of urea groups is 1. The lowest BCUT2D eigenvalue weighted by molar-refractivity contribution is 0.262. The number of hydrogen-bond acceptors (Lipinski definition) is 3. The molecule has 0 saturated carbocycles. The van der Waals surface area contributed by atoms with E-state index in [1.54, 1.807) is 0 Å². The number of carbonyl (C=O) groups excluding carboxylic acids is 1. The molecule has 1 aliphatic rings. The lowest BCUT2D eigenvalue weighted by Crippen LogP contribution is -2.19. The number of nitrogens with zero attached hydrogens (tertiary/aromatic N) is 1. The van der Waals surface area contributed by atoms with Gasteiger partial charge in [0.05, 0.1) is 11.3 Å². The summed E-state index contributed by atoms with van der Waals surface area (Å²) in [4.78, 5) is 13.4. The van der Waals surface area contributed by atoms with E-state index in [1.165, 1.54) is 16.2 Å². The molecule has 3 rings (SSSR count). The number of carbonyl (C=O) groups is 1. The molecular weight excluding hydrogens is 362 g/mol. The molecule has 22 heavy (non-hydrogen) atoms. The lowest BCUT2D eigenvalue weighted by Gasteiger charge is -2.09. The van der Waals surface area contributed by atoms with Gasteiger partial charge in [0.2, 0.25) is 0 Å². The van der Waals surface area contributed by atoms with Crippen molar-refractivity contribution in [2.45, 2.75) is 25.7 Å². The Morgan fingerprint density at radius 1 is 1.23 bits per heavy atom. The fraction of sp³-hybridized carbons (Fsp3) is 0.250. The molecule has 0 unspecified atom stereocenters. The maximum Gasteiger partial charge on any atom is 0.324 e. The number of aryl methyl sites for hydroxylation is 1. The summed E-state index contributed by atoms with van der Waals surface area (Å²) < 4.78 is 0.816. The molecule has 0 aliphatic heterocycles. The van der Waals surface area contributed by atoms with Gasteiger partial charge in [0.1, 0.15) is 11.1 Å². The van der Waals surface area contributed by atoms with Crippen LogP contribution in [0.4, 0.5) is 15.5 Å². The Morgan fingerprint density at radius 2 is 2.00 bits per heavy atom. The predicted molar refractivity (Wildman–Crippen MR) is 92.5 cm³/mol. The first-order valence-corrected chi connectivity index (χ1v) is 8.67. The van der Waals surface area contributed by atoms with Gasteiger partial charge in [0, 0.05) is 9.35 Å². The average molecular weight is 376 g/mol. The topological polar surface area (TPSA) is 64.9 Å². The monoisotopic (exact) mass is 375 g/mol. The number of fused-ring (bicyclic) bond motifs is 1. The van der Waals surface area contributed by atoms with Crippen LogP contribution in [0, 0.1) is 11.3 Å². The van der Waals surface area contributed by atoms with Gasteiger partial charge in [-0.2, -0.15) is 5.26 Å². The number of nitrogens with one attached hydrogen (secondary N) is 2. The highest BCUT2D eigenvalue weighted by molar-refractivity contribution is 9.10. The van der Waals surface area contributed by atoms with E-state index in [9.17, 15) is 10.1 Å². The zero-order valence-electron chi connectivity index (χ0n) is 11.8. The van der Waals surface area contributed by atoms with Crippen LogP contribution >= 0.6 is 27.3 Å². The van der Waals surface area contributed by atoms with Gasteiger partial charge in [0.15, 0.2) is 0 Å². The van der Waals surface area contributed by atoms with Crippen molar-refractivity contribution < 1.29 is 4.79 Å². The minimum Gasteiger partial charge on any atom is -0.307 e. The Kier molecular flexibility index (Phi) is 4.46. The zero-order valence-corrected chi connectivity index (χ0v) is 14.2. The Hall–Kier alpha value is -1.84. The highest BCUT2D eigenvalue weighted by Gasteiger charge is 2.21. The number of nitriles is 1. The molecule has 0 saturated heterocycles. The van der Waals surface area contributed by atoms with E-state index in [0.717, 1.165) is 35.7 Å². The first-order chi connectivity index (χ1) is 10.7. The molecule has 2 N–H and O–H groups in total. The van der Waals surface area contributed by atoms with Crippen molar-refractivity contribution >= 4 is 44.0 Å².